The van der Waals surface area contributed by atoms with E-state index in [4.69, 9.17) is 4.74 Å². The predicted molar refractivity (Wildman–Crippen MR) is 83.8 cm³/mol. The first-order valence-corrected chi connectivity index (χ1v) is 7.56. The number of rotatable bonds is 7. The minimum Gasteiger partial charge on any atom is -0.377 e. The van der Waals surface area contributed by atoms with Crippen LogP contribution in [-0.2, 0) is 11.3 Å². The number of ether oxygens (including phenoxy) is 1. The molecule has 0 radical (unpaired) electrons. The van der Waals surface area contributed by atoms with Crippen LogP contribution in [0.1, 0.15) is 28.8 Å². The molecule has 2 aromatic carbocycles. The highest BCUT2D eigenvalue weighted by molar-refractivity contribution is 9.10. The van der Waals surface area contributed by atoms with Crippen LogP contribution in [0.2, 0.25) is 0 Å². The van der Waals surface area contributed by atoms with Gasteiger partial charge in [0.25, 0.3) is 0 Å². The molecule has 110 valence electrons. The monoisotopic (exact) mass is 350 g/mol. The number of Topliss-reactive ketones (excluding diaryl/α,β-unsaturated/α-hetero) is 1. The summed E-state index contributed by atoms with van der Waals surface area (Å²) in [6.07, 6.45) is 1.06. The Morgan fingerprint density at radius 1 is 1.10 bits per heavy atom. The van der Waals surface area contributed by atoms with Crippen LogP contribution in [0.5, 0.6) is 0 Å². The van der Waals surface area contributed by atoms with Gasteiger partial charge in [-0.2, -0.15) is 0 Å². The second kappa shape index (κ2) is 8.05. The van der Waals surface area contributed by atoms with Gasteiger partial charge in [-0.15, -0.1) is 0 Å². The van der Waals surface area contributed by atoms with Gasteiger partial charge in [0.1, 0.15) is 5.82 Å². The molecule has 0 atom stereocenters. The summed E-state index contributed by atoms with van der Waals surface area (Å²) in [5.41, 5.74) is 1.24. The molecule has 0 N–H and O–H groups in total. The zero-order chi connectivity index (χ0) is 15.1. The van der Waals surface area contributed by atoms with Gasteiger partial charge in [0, 0.05) is 28.6 Å². The van der Waals surface area contributed by atoms with Crippen LogP contribution in [0.4, 0.5) is 4.39 Å². The second-order valence-electron chi connectivity index (χ2n) is 4.68. The highest BCUT2D eigenvalue weighted by Crippen LogP contribution is 2.13. The fraction of sp³-hybridized carbons (Fsp3) is 0.235. The third kappa shape index (κ3) is 5.06. The van der Waals surface area contributed by atoms with Crippen molar-refractivity contribution in [2.24, 2.45) is 0 Å². The van der Waals surface area contributed by atoms with Crippen LogP contribution >= 0.6 is 15.9 Å². The van der Waals surface area contributed by atoms with Crippen LogP contribution in [0.15, 0.2) is 53.0 Å². The van der Waals surface area contributed by atoms with E-state index >= 15 is 0 Å². The minimum atomic E-state index is -0.261. The van der Waals surface area contributed by atoms with E-state index in [0.29, 0.717) is 30.6 Å². The first-order chi connectivity index (χ1) is 10.2. The highest BCUT2D eigenvalue weighted by Gasteiger charge is 2.05. The summed E-state index contributed by atoms with van der Waals surface area (Å²) in [6, 6.07) is 13.8. The Morgan fingerprint density at radius 3 is 2.52 bits per heavy atom. The lowest BCUT2D eigenvalue weighted by Crippen LogP contribution is -2.03. The van der Waals surface area contributed by atoms with Gasteiger partial charge < -0.3 is 4.74 Å². The molecule has 0 aliphatic carbocycles. The van der Waals surface area contributed by atoms with Crippen LogP contribution in [-0.4, -0.2) is 12.4 Å². The standard InChI is InChI=1S/C17H16BrFO2/c18-15-9-7-13(8-10-15)17(20)6-3-11-21-12-14-4-1-2-5-16(14)19/h1-2,4-5,7-10H,3,6,11-12H2. The predicted octanol–water partition coefficient (Wildman–Crippen LogP) is 4.77. The Kier molecular flexibility index (Phi) is 6.08. The van der Waals surface area contributed by atoms with Gasteiger partial charge in [0.05, 0.1) is 6.61 Å². The molecule has 2 aromatic rings. The average molecular weight is 351 g/mol. The Balaban J connectivity index is 1.69. The number of hydrogen-bond donors (Lipinski definition) is 0. The summed E-state index contributed by atoms with van der Waals surface area (Å²) < 4.78 is 19.7. The van der Waals surface area contributed by atoms with Crippen molar-refractivity contribution < 1.29 is 13.9 Å². The van der Waals surface area contributed by atoms with Gasteiger partial charge in [0.2, 0.25) is 0 Å². The van der Waals surface area contributed by atoms with Crippen LogP contribution in [0, 0.1) is 5.82 Å². The normalized spacial score (nSPS) is 10.6. The molecule has 0 saturated carbocycles. The lowest BCUT2D eigenvalue weighted by molar-refractivity contribution is 0.0915. The van der Waals surface area contributed by atoms with Gasteiger partial charge in [-0.25, -0.2) is 4.39 Å². The molecular formula is C17H16BrFO2. The number of carbonyl (C=O) groups excluding carboxylic acids is 1. The molecule has 0 heterocycles. The molecular weight excluding hydrogens is 335 g/mol. The maximum atomic E-state index is 13.3. The fourth-order valence-electron chi connectivity index (χ4n) is 1.91. The van der Waals surface area contributed by atoms with E-state index in [9.17, 15) is 9.18 Å². The van der Waals surface area contributed by atoms with Crippen molar-refractivity contribution in [1.29, 1.82) is 0 Å². The van der Waals surface area contributed by atoms with Crippen LogP contribution < -0.4 is 0 Å². The largest absolute Gasteiger partial charge is 0.377 e. The van der Waals surface area contributed by atoms with Crippen molar-refractivity contribution in [1.82, 2.24) is 0 Å². The van der Waals surface area contributed by atoms with E-state index in [1.165, 1.54) is 6.07 Å². The molecule has 0 amide bonds. The van der Waals surface area contributed by atoms with Crippen molar-refractivity contribution in [3.05, 3.63) is 69.9 Å². The molecule has 0 aromatic heterocycles. The first kappa shape index (κ1) is 15.9. The quantitative estimate of drug-likeness (QED) is 0.531. The average Bonchev–Trinajstić information content (AvgIpc) is 2.49. The summed E-state index contributed by atoms with van der Waals surface area (Å²) in [5.74, 6) is -0.166. The topological polar surface area (TPSA) is 26.3 Å². The van der Waals surface area contributed by atoms with E-state index in [1.807, 2.05) is 12.1 Å². The molecule has 2 nitrogen and oxygen atoms in total. The van der Waals surface area contributed by atoms with Crippen molar-refractivity contribution in [2.45, 2.75) is 19.4 Å². The SMILES string of the molecule is O=C(CCCOCc1ccccc1F)c1ccc(Br)cc1. The first-order valence-electron chi connectivity index (χ1n) is 6.77. The third-order valence-electron chi connectivity index (χ3n) is 3.07. The highest BCUT2D eigenvalue weighted by atomic mass is 79.9. The van der Waals surface area contributed by atoms with E-state index in [2.05, 4.69) is 15.9 Å². The Labute approximate surface area is 132 Å². The summed E-state index contributed by atoms with van der Waals surface area (Å²) in [4.78, 5) is 11.9. The second-order valence-corrected chi connectivity index (χ2v) is 5.59. The van der Waals surface area contributed by atoms with Crippen molar-refractivity contribution in [3.63, 3.8) is 0 Å². The van der Waals surface area contributed by atoms with E-state index in [0.717, 1.165) is 4.47 Å². The zero-order valence-electron chi connectivity index (χ0n) is 11.5. The maximum absolute atomic E-state index is 13.3. The van der Waals surface area contributed by atoms with E-state index in [-0.39, 0.29) is 18.2 Å². The van der Waals surface area contributed by atoms with Crippen LogP contribution in [0.25, 0.3) is 0 Å². The number of carbonyl (C=O) groups is 1. The van der Waals surface area contributed by atoms with Crippen LogP contribution in [0.3, 0.4) is 0 Å². The summed E-state index contributed by atoms with van der Waals surface area (Å²) in [5, 5.41) is 0. The van der Waals surface area contributed by atoms with Crippen molar-refractivity contribution >= 4 is 21.7 Å². The molecule has 0 aliphatic heterocycles. The Hall–Kier alpha value is -1.52. The number of benzene rings is 2. The number of hydrogen-bond acceptors (Lipinski definition) is 2. The van der Waals surface area contributed by atoms with Crippen molar-refractivity contribution in [3.8, 4) is 0 Å². The Morgan fingerprint density at radius 2 is 1.81 bits per heavy atom. The molecule has 4 heteroatoms. The summed E-state index contributed by atoms with van der Waals surface area (Å²) >= 11 is 3.33. The smallest absolute Gasteiger partial charge is 0.162 e. The molecule has 2 rings (SSSR count). The summed E-state index contributed by atoms with van der Waals surface area (Å²) in [7, 11) is 0. The van der Waals surface area contributed by atoms with E-state index in [1.54, 1.807) is 30.3 Å². The fourth-order valence-corrected chi connectivity index (χ4v) is 2.18. The minimum absolute atomic E-state index is 0.0944. The van der Waals surface area contributed by atoms with E-state index < -0.39 is 0 Å². The molecule has 0 aliphatic rings. The van der Waals surface area contributed by atoms with Gasteiger partial charge in [0.15, 0.2) is 5.78 Å². The molecule has 0 fully saturated rings. The van der Waals surface area contributed by atoms with Gasteiger partial charge in [-0.3, -0.25) is 4.79 Å². The lowest BCUT2D eigenvalue weighted by atomic mass is 10.1. The number of ketones is 1. The lowest BCUT2D eigenvalue weighted by Gasteiger charge is -2.05. The van der Waals surface area contributed by atoms with Gasteiger partial charge in [-0.1, -0.05) is 46.3 Å². The van der Waals surface area contributed by atoms with Crippen molar-refractivity contribution in [2.75, 3.05) is 6.61 Å². The van der Waals surface area contributed by atoms with Gasteiger partial charge >= 0.3 is 0 Å². The molecule has 0 unspecified atom stereocenters. The maximum Gasteiger partial charge on any atom is 0.162 e. The van der Waals surface area contributed by atoms with Gasteiger partial charge in [-0.05, 0) is 24.6 Å². The summed E-state index contributed by atoms with van der Waals surface area (Å²) in [6.45, 7) is 0.676. The Bertz CT molecular complexity index is 596. The molecule has 0 bridgehead atoms. The third-order valence-corrected chi connectivity index (χ3v) is 3.60. The number of halogens is 2. The zero-order valence-corrected chi connectivity index (χ0v) is 13.1. The molecule has 0 saturated heterocycles. The molecule has 21 heavy (non-hydrogen) atoms. The molecule has 0 spiro atoms.